The first kappa shape index (κ1) is 17.0. The number of rotatable bonds is 9. The Bertz CT molecular complexity index is 437. The molecule has 1 unspecified atom stereocenters. The lowest BCUT2D eigenvalue weighted by Crippen LogP contribution is -2.18. The molecule has 0 aliphatic carbocycles. The van der Waals surface area contributed by atoms with Crippen LogP contribution in [0.15, 0.2) is 29.3 Å². The highest BCUT2D eigenvalue weighted by atomic mass is 79.9. The van der Waals surface area contributed by atoms with Gasteiger partial charge in [0.1, 0.15) is 6.10 Å². The molecule has 0 spiro atoms. The molecule has 0 saturated heterocycles. The maximum absolute atomic E-state index is 5.78. The molecule has 20 heavy (non-hydrogen) atoms. The zero-order valence-electron chi connectivity index (χ0n) is 12.2. The normalized spacial score (nSPS) is 12.0. The standard InChI is InChI=1S/C15H22BrNO3/c1-5-11(2)20-15-13(16)8-12(9-14(15)19-4)10-17-6-7-18-3/h5,8-9,11,17H,1,6-7,10H2,2-4H3. The molecular formula is C15H22BrNO3. The molecule has 0 heterocycles. The van der Waals surface area contributed by atoms with Gasteiger partial charge in [0.15, 0.2) is 11.5 Å². The molecule has 112 valence electrons. The average Bonchev–Trinajstić information content (AvgIpc) is 2.45. The minimum atomic E-state index is -0.0779. The fourth-order valence-corrected chi connectivity index (χ4v) is 2.21. The number of hydrogen-bond acceptors (Lipinski definition) is 4. The Morgan fingerprint density at radius 3 is 2.75 bits per heavy atom. The van der Waals surface area contributed by atoms with Crippen LogP contribution in [0.2, 0.25) is 0 Å². The Morgan fingerprint density at radius 1 is 1.40 bits per heavy atom. The van der Waals surface area contributed by atoms with E-state index >= 15 is 0 Å². The van der Waals surface area contributed by atoms with Gasteiger partial charge in [-0.25, -0.2) is 0 Å². The van der Waals surface area contributed by atoms with Crippen molar-refractivity contribution < 1.29 is 14.2 Å². The fraction of sp³-hybridized carbons (Fsp3) is 0.467. The topological polar surface area (TPSA) is 39.7 Å². The van der Waals surface area contributed by atoms with E-state index in [1.165, 1.54) is 0 Å². The van der Waals surface area contributed by atoms with Crippen molar-refractivity contribution in [3.8, 4) is 11.5 Å². The number of nitrogens with one attached hydrogen (secondary N) is 1. The molecular weight excluding hydrogens is 322 g/mol. The second kappa shape index (κ2) is 9.00. The van der Waals surface area contributed by atoms with Gasteiger partial charge >= 0.3 is 0 Å². The summed E-state index contributed by atoms with van der Waals surface area (Å²) in [6, 6.07) is 3.99. The van der Waals surface area contributed by atoms with Crippen LogP contribution in [0.1, 0.15) is 12.5 Å². The fourth-order valence-electron chi connectivity index (χ4n) is 1.63. The molecule has 4 nitrogen and oxygen atoms in total. The van der Waals surface area contributed by atoms with E-state index in [1.807, 2.05) is 19.1 Å². The van der Waals surface area contributed by atoms with Crippen LogP contribution in [0.4, 0.5) is 0 Å². The number of ether oxygens (including phenoxy) is 3. The van der Waals surface area contributed by atoms with Gasteiger partial charge < -0.3 is 19.5 Å². The van der Waals surface area contributed by atoms with Crippen molar-refractivity contribution in [2.45, 2.75) is 19.6 Å². The third-order valence-corrected chi connectivity index (χ3v) is 3.33. The van der Waals surface area contributed by atoms with E-state index in [2.05, 4.69) is 27.8 Å². The quantitative estimate of drug-likeness (QED) is 0.552. The largest absolute Gasteiger partial charge is 0.493 e. The number of methoxy groups -OCH3 is 2. The summed E-state index contributed by atoms with van der Waals surface area (Å²) in [6.07, 6.45) is 1.66. The first-order valence-corrected chi connectivity index (χ1v) is 7.27. The van der Waals surface area contributed by atoms with E-state index < -0.39 is 0 Å². The first-order chi connectivity index (χ1) is 9.62. The van der Waals surface area contributed by atoms with E-state index in [0.29, 0.717) is 18.1 Å². The van der Waals surface area contributed by atoms with E-state index in [0.717, 1.165) is 23.1 Å². The van der Waals surface area contributed by atoms with Gasteiger partial charge in [-0.2, -0.15) is 0 Å². The molecule has 0 radical (unpaired) electrons. The Labute approximate surface area is 129 Å². The van der Waals surface area contributed by atoms with Gasteiger partial charge in [-0.3, -0.25) is 0 Å². The van der Waals surface area contributed by atoms with Crippen molar-refractivity contribution in [3.63, 3.8) is 0 Å². The second-order valence-corrected chi connectivity index (χ2v) is 5.19. The van der Waals surface area contributed by atoms with Crippen molar-refractivity contribution in [2.24, 2.45) is 0 Å². The van der Waals surface area contributed by atoms with Crippen molar-refractivity contribution in [3.05, 3.63) is 34.8 Å². The predicted molar refractivity (Wildman–Crippen MR) is 84.6 cm³/mol. The molecule has 0 aliphatic rings. The van der Waals surface area contributed by atoms with Crippen LogP contribution in [-0.2, 0) is 11.3 Å². The van der Waals surface area contributed by atoms with Gasteiger partial charge in [-0.05, 0) is 40.5 Å². The van der Waals surface area contributed by atoms with Crippen LogP contribution in [-0.4, -0.2) is 33.5 Å². The summed E-state index contributed by atoms with van der Waals surface area (Å²) >= 11 is 3.53. The number of halogens is 1. The Morgan fingerprint density at radius 2 is 2.15 bits per heavy atom. The summed E-state index contributed by atoms with van der Waals surface area (Å²) in [5.41, 5.74) is 1.11. The average molecular weight is 344 g/mol. The summed E-state index contributed by atoms with van der Waals surface area (Å²) in [7, 11) is 3.32. The SMILES string of the molecule is C=CC(C)Oc1c(Br)cc(CNCCOC)cc1OC. The third-order valence-electron chi connectivity index (χ3n) is 2.74. The summed E-state index contributed by atoms with van der Waals surface area (Å²) < 4.78 is 17.0. The van der Waals surface area contributed by atoms with E-state index in [1.54, 1.807) is 20.3 Å². The van der Waals surface area contributed by atoms with Gasteiger partial charge in [0.2, 0.25) is 0 Å². The van der Waals surface area contributed by atoms with Crippen LogP contribution >= 0.6 is 15.9 Å². The molecule has 0 aliphatic heterocycles. The van der Waals surface area contributed by atoms with Crippen molar-refractivity contribution in [1.82, 2.24) is 5.32 Å². The summed E-state index contributed by atoms with van der Waals surface area (Å²) in [5.74, 6) is 1.40. The zero-order chi connectivity index (χ0) is 15.0. The maximum atomic E-state index is 5.78. The van der Waals surface area contributed by atoms with E-state index in [4.69, 9.17) is 14.2 Å². The Kier molecular flexibility index (Phi) is 7.65. The lowest BCUT2D eigenvalue weighted by atomic mass is 10.2. The van der Waals surface area contributed by atoms with Gasteiger partial charge in [-0.15, -0.1) is 0 Å². The van der Waals surface area contributed by atoms with E-state index in [9.17, 15) is 0 Å². The molecule has 1 N–H and O–H groups in total. The Balaban J connectivity index is 2.81. The molecule has 1 aromatic rings. The third kappa shape index (κ3) is 5.15. The van der Waals surface area contributed by atoms with Gasteiger partial charge in [0, 0.05) is 20.2 Å². The van der Waals surface area contributed by atoms with Crippen LogP contribution < -0.4 is 14.8 Å². The molecule has 0 fully saturated rings. The molecule has 0 aromatic heterocycles. The highest BCUT2D eigenvalue weighted by Gasteiger charge is 2.13. The first-order valence-electron chi connectivity index (χ1n) is 6.47. The van der Waals surface area contributed by atoms with Crippen LogP contribution in [0, 0.1) is 0 Å². The molecule has 0 saturated carbocycles. The minimum absolute atomic E-state index is 0.0779. The van der Waals surface area contributed by atoms with Crippen LogP contribution in [0.3, 0.4) is 0 Å². The van der Waals surface area contributed by atoms with Crippen LogP contribution in [0.5, 0.6) is 11.5 Å². The van der Waals surface area contributed by atoms with Gasteiger partial charge in [-0.1, -0.05) is 12.7 Å². The summed E-state index contributed by atoms with van der Waals surface area (Å²) in [6.45, 7) is 7.89. The van der Waals surface area contributed by atoms with Crippen molar-refractivity contribution in [2.75, 3.05) is 27.4 Å². The van der Waals surface area contributed by atoms with Crippen molar-refractivity contribution >= 4 is 15.9 Å². The lowest BCUT2D eigenvalue weighted by Gasteiger charge is -2.17. The molecule has 1 aromatic carbocycles. The molecule has 1 rings (SSSR count). The predicted octanol–water partition coefficient (Wildman–Crippen LogP) is 3.15. The van der Waals surface area contributed by atoms with Crippen molar-refractivity contribution in [1.29, 1.82) is 0 Å². The summed E-state index contributed by atoms with van der Waals surface area (Å²) in [5, 5.41) is 3.29. The molecule has 1 atom stereocenters. The summed E-state index contributed by atoms with van der Waals surface area (Å²) in [4.78, 5) is 0. The van der Waals surface area contributed by atoms with Gasteiger partial charge in [0.05, 0.1) is 18.2 Å². The monoisotopic (exact) mass is 343 g/mol. The maximum Gasteiger partial charge on any atom is 0.176 e. The van der Waals surface area contributed by atoms with Gasteiger partial charge in [0.25, 0.3) is 0 Å². The smallest absolute Gasteiger partial charge is 0.176 e. The lowest BCUT2D eigenvalue weighted by molar-refractivity contribution is 0.199. The van der Waals surface area contributed by atoms with E-state index in [-0.39, 0.29) is 6.10 Å². The number of hydrogen-bond donors (Lipinski definition) is 1. The molecule has 0 bridgehead atoms. The molecule has 5 heteroatoms. The highest BCUT2D eigenvalue weighted by molar-refractivity contribution is 9.10. The minimum Gasteiger partial charge on any atom is -0.493 e. The molecule has 0 amide bonds. The number of benzene rings is 1. The highest BCUT2D eigenvalue weighted by Crippen LogP contribution is 2.37. The van der Waals surface area contributed by atoms with Crippen LogP contribution in [0.25, 0.3) is 0 Å². The Hall–Kier alpha value is -1.04. The zero-order valence-corrected chi connectivity index (χ0v) is 13.8. The second-order valence-electron chi connectivity index (χ2n) is 4.34.